The van der Waals surface area contributed by atoms with Crippen LogP contribution in [0.3, 0.4) is 0 Å². The average Bonchev–Trinajstić information content (AvgIpc) is 2.76. The summed E-state index contributed by atoms with van der Waals surface area (Å²) in [5.41, 5.74) is 0.377. The lowest BCUT2D eigenvalue weighted by Gasteiger charge is -2.36. The molecular formula is C23H34N2O4. The fraction of sp³-hybridized carbons (Fsp3) is 0.652. The molecule has 1 saturated heterocycles. The molecule has 2 heterocycles. The minimum atomic E-state index is -0.724. The number of likely N-dealkylation sites (tertiary alicyclic amines) is 1. The largest absolute Gasteiger partial charge is 0.461 e. The molecule has 0 aromatic carbocycles. The van der Waals surface area contributed by atoms with Crippen molar-refractivity contribution >= 4 is 17.7 Å². The Hall–Kier alpha value is -2.24. The predicted molar refractivity (Wildman–Crippen MR) is 111 cm³/mol. The summed E-state index contributed by atoms with van der Waals surface area (Å²) in [6, 6.07) is 3.23. The van der Waals surface area contributed by atoms with E-state index in [1.54, 1.807) is 20.0 Å². The second-order valence-electron chi connectivity index (χ2n) is 8.44. The van der Waals surface area contributed by atoms with E-state index in [2.05, 4.69) is 4.98 Å². The van der Waals surface area contributed by atoms with E-state index in [0.29, 0.717) is 32.2 Å². The summed E-state index contributed by atoms with van der Waals surface area (Å²) >= 11 is 0. The van der Waals surface area contributed by atoms with Crippen molar-refractivity contribution < 1.29 is 19.1 Å². The molecule has 1 fully saturated rings. The van der Waals surface area contributed by atoms with Gasteiger partial charge in [0.1, 0.15) is 12.1 Å². The number of Topliss-reactive ketones (excluding diaryl/α,β-unsaturated/α-hetero) is 1. The van der Waals surface area contributed by atoms with Crippen molar-refractivity contribution in [3.05, 3.63) is 30.1 Å². The van der Waals surface area contributed by atoms with Gasteiger partial charge in [-0.3, -0.25) is 14.6 Å². The third kappa shape index (κ3) is 6.12. The third-order valence-corrected chi connectivity index (χ3v) is 5.94. The van der Waals surface area contributed by atoms with E-state index < -0.39 is 29.1 Å². The molecule has 0 radical (unpaired) electrons. The summed E-state index contributed by atoms with van der Waals surface area (Å²) < 4.78 is 5.77. The first-order valence-electron chi connectivity index (χ1n) is 10.7. The first-order valence-corrected chi connectivity index (χ1v) is 10.7. The molecule has 0 N–H and O–H groups in total. The molecule has 2 atom stereocenters. The zero-order valence-electron chi connectivity index (χ0n) is 18.1. The maximum Gasteiger partial charge on any atom is 0.329 e. The molecule has 1 aliphatic rings. The molecule has 0 spiro atoms. The van der Waals surface area contributed by atoms with E-state index in [0.717, 1.165) is 24.8 Å². The average molecular weight is 403 g/mol. The number of rotatable bonds is 9. The van der Waals surface area contributed by atoms with Gasteiger partial charge in [0.25, 0.3) is 5.91 Å². The molecule has 6 nitrogen and oxygen atoms in total. The molecule has 1 aromatic heterocycles. The highest BCUT2D eigenvalue weighted by molar-refractivity contribution is 6.38. The topological polar surface area (TPSA) is 76.6 Å². The maximum atomic E-state index is 12.9. The van der Waals surface area contributed by atoms with Crippen LogP contribution < -0.4 is 0 Å². The van der Waals surface area contributed by atoms with Crippen LogP contribution in [0.1, 0.15) is 71.8 Å². The summed E-state index contributed by atoms with van der Waals surface area (Å²) in [7, 11) is 0. The molecule has 1 aromatic rings. The van der Waals surface area contributed by atoms with Gasteiger partial charge in [-0.25, -0.2) is 4.79 Å². The van der Waals surface area contributed by atoms with Gasteiger partial charge in [0.15, 0.2) is 0 Å². The molecule has 29 heavy (non-hydrogen) atoms. The van der Waals surface area contributed by atoms with Crippen molar-refractivity contribution in [3.63, 3.8) is 0 Å². The maximum absolute atomic E-state index is 12.9. The van der Waals surface area contributed by atoms with Gasteiger partial charge in [0.2, 0.25) is 5.78 Å². The number of carbonyl (C=O) groups excluding carboxylic acids is 3. The van der Waals surface area contributed by atoms with Crippen molar-refractivity contribution in [3.8, 4) is 0 Å². The molecule has 1 aliphatic heterocycles. The minimum absolute atomic E-state index is 0.218. The van der Waals surface area contributed by atoms with Crippen LogP contribution >= 0.6 is 0 Å². The summed E-state index contributed by atoms with van der Waals surface area (Å²) in [6.07, 6.45) is 8.28. The number of piperidine rings is 1. The Labute approximate surface area is 174 Å². The molecule has 0 saturated carbocycles. The van der Waals surface area contributed by atoms with Crippen LogP contribution in [0.25, 0.3) is 0 Å². The van der Waals surface area contributed by atoms with Gasteiger partial charge in [-0.15, -0.1) is 0 Å². The molecule has 0 aliphatic carbocycles. The minimum Gasteiger partial charge on any atom is -0.461 e. The Balaban J connectivity index is 2.02. The van der Waals surface area contributed by atoms with Crippen LogP contribution in [0.5, 0.6) is 0 Å². The summed E-state index contributed by atoms with van der Waals surface area (Å²) in [5.74, 6) is -1.37. The van der Waals surface area contributed by atoms with E-state index in [-0.39, 0.29) is 6.10 Å². The fourth-order valence-corrected chi connectivity index (χ4v) is 3.46. The molecule has 160 valence electrons. The van der Waals surface area contributed by atoms with E-state index in [1.165, 1.54) is 4.90 Å². The standard InChI is InChI=1S/C23H34N2O4/c1-5-18(13-12-17-10-9-14-24-16-17)29-22(28)19-11-7-8-15-25(19)21(27)20(26)23(3,4)6-2/h9-10,14,16,18-19H,5-8,11-13,15H2,1-4H3/t18-,19-/m0/s1. The summed E-state index contributed by atoms with van der Waals surface area (Å²) in [4.78, 5) is 43.9. The second-order valence-corrected chi connectivity index (χ2v) is 8.44. The Morgan fingerprint density at radius 3 is 2.66 bits per heavy atom. The fourth-order valence-electron chi connectivity index (χ4n) is 3.46. The first kappa shape index (κ1) is 23.0. The quantitative estimate of drug-likeness (QED) is 0.465. The van der Waals surface area contributed by atoms with Crippen LogP contribution in [0.2, 0.25) is 0 Å². The summed E-state index contributed by atoms with van der Waals surface area (Å²) in [6.45, 7) is 7.85. The van der Waals surface area contributed by atoms with Gasteiger partial charge in [-0.2, -0.15) is 0 Å². The number of esters is 1. The van der Waals surface area contributed by atoms with Crippen molar-refractivity contribution in [2.45, 2.75) is 84.8 Å². The van der Waals surface area contributed by atoms with E-state index in [1.807, 2.05) is 32.2 Å². The van der Waals surface area contributed by atoms with E-state index in [4.69, 9.17) is 4.74 Å². The molecule has 0 unspecified atom stereocenters. The lowest BCUT2D eigenvalue weighted by Crippen LogP contribution is -2.53. The highest BCUT2D eigenvalue weighted by atomic mass is 16.5. The number of pyridine rings is 1. The van der Waals surface area contributed by atoms with Crippen molar-refractivity contribution in [2.75, 3.05) is 6.54 Å². The highest BCUT2D eigenvalue weighted by Gasteiger charge is 2.40. The van der Waals surface area contributed by atoms with Gasteiger partial charge in [-0.05, 0) is 56.6 Å². The van der Waals surface area contributed by atoms with Gasteiger partial charge >= 0.3 is 5.97 Å². The zero-order valence-corrected chi connectivity index (χ0v) is 18.1. The number of nitrogens with zero attached hydrogens (tertiary/aromatic N) is 2. The number of ether oxygens (including phenoxy) is 1. The van der Waals surface area contributed by atoms with Crippen LogP contribution in [0, 0.1) is 5.41 Å². The number of hydrogen-bond acceptors (Lipinski definition) is 5. The third-order valence-electron chi connectivity index (χ3n) is 5.94. The molecule has 1 amide bonds. The molecule has 0 bridgehead atoms. The zero-order chi connectivity index (χ0) is 21.4. The van der Waals surface area contributed by atoms with Crippen LogP contribution in [0.4, 0.5) is 0 Å². The number of hydrogen-bond donors (Lipinski definition) is 0. The molecule has 2 rings (SSSR count). The van der Waals surface area contributed by atoms with Crippen molar-refractivity contribution in [1.82, 2.24) is 9.88 Å². The van der Waals surface area contributed by atoms with Crippen molar-refractivity contribution in [1.29, 1.82) is 0 Å². The highest BCUT2D eigenvalue weighted by Crippen LogP contribution is 2.26. The summed E-state index contributed by atoms with van der Waals surface area (Å²) in [5, 5.41) is 0. The second kappa shape index (κ2) is 10.5. The predicted octanol–water partition coefficient (Wildman–Crippen LogP) is 3.72. The monoisotopic (exact) mass is 402 g/mol. The van der Waals surface area contributed by atoms with Crippen LogP contribution in [-0.2, 0) is 25.5 Å². The smallest absolute Gasteiger partial charge is 0.329 e. The Kier molecular flexibility index (Phi) is 8.35. The normalized spacial score (nSPS) is 18.2. The Morgan fingerprint density at radius 1 is 1.28 bits per heavy atom. The number of amides is 1. The number of aromatic nitrogens is 1. The van der Waals surface area contributed by atoms with E-state index in [9.17, 15) is 14.4 Å². The number of ketones is 1. The van der Waals surface area contributed by atoms with Gasteiger partial charge < -0.3 is 9.64 Å². The first-order chi connectivity index (χ1) is 13.8. The van der Waals surface area contributed by atoms with E-state index >= 15 is 0 Å². The van der Waals surface area contributed by atoms with Gasteiger partial charge in [-0.1, -0.05) is 33.8 Å². The van der Waals surface area contributed by atoms with Crippen LogP contribution in [-0.4, -0.2) is 46.2 Å². The number of carbonyl (C=O) groups is 3. The Bertz CT molecular complexity index is 702. The molecular weight excluding hydrogens is 368 g/mol. The van der Waals surface area contributed by atoms with Crippen LogP contribution in [0.15, 0.2) is 24.5 Å². The Morgan fingerprint density at radius 2 is 2.03 bits per heavy atom. The molecule has 6 heteroatoms. The lowest BCUT2D eigenvalue weighted by molar-refractivity contribution is -0.164. The van der Waals surface area contributed by atoms with Gasteiger partial charge in [0.05, 0.1) is 0 Å². The lowest BCUT2D eigenvalue weighted by atomic mass is 9.84. The van der Waals surface area contributed by atoms with Gasteiger partial charge in [0, 0.05) is 24.4 Å². The SMILES string of the molecule is CC[C@@H](CCc1cccnc1)OC(=O)[C@@H]1CCCCN1C(=O)C(=O)C(C)(C)CC. The van der Waals surface area contributed by atoms with Crippen molar-refractivity contribution in [2.24, 2.45) is 5.41 Å². The number of aryl methyl sites for hydroxylation is 1.